The average Bonchev–Trinajstić information content (AvgIpc) is 2.37. The van der Waals surface area contributed by atoms with Crippen LogP contribution in [0.25, 0.3) is 0 Å². The molecule has 0 fully saturated rings. The number of benzene rings is 2. The molecule has 110 valence electrons. The Kier molecular flexibility index (Phi) is 4.74. The fraction of sp³-hybridized carbons (Fsp3) is 0.143. The van der Waals surface area contributed by atoms with Crippen molar-refractivity contribution in [3.8, 4) is 11.5 Å². The summed E-state index contributed by atoms with van der Waals surface area (Å²) in [7, 11) is 0. The van der Waals surface area contributed by atoms with Crippen molar-refractivity contribution < 1.29 is 14.1 Å². The molecule has 21 heavy (non-hydrogen) atoms. The van der Waals surface area contributed by atoms with Gasteiger partial charge >= 0.3 is 5.69 Å². The van der Waals surface area contributed by atoms with Crippen LogP contribution in [-0.2, 0) is 0 Å². The summed E-state index contributed by atoms with van der Waals surface area (Å²) < 4.78 is 19.3. The van der Waals surface area contributed by atoms with E-state index in [-0.39, 0.29) is 17.2 Å². The summed E-state index contributed by atoms with van der Waals surface area (Å²) >= 11 is 3.15. The minimum atomic E-state index is -0.526. The predicted octanol–water partition coefficient (Wildman–Crippen LogP) is 4.72. The quantitative estimate of drug-likeness (QED) is 0.623. The summed E-state index contributed by atoms with van der Waals surface area (Å²) in [4.78, 5) is 10.7. The maximum Gasteiger partial charge on any atom is 0.334 e. The molecule has 7 heteroatoms. The van der Waals surface area contributed by atoms with Crippen LogP contribution in [0.15, 0.2) is 40.9 Å². The van der Waals surface area contributed by atoms with Gasteiger partial charge in [-0.25, -0.2) is 4.39 Å². The Hall–Kier alpha value is -2.15. The lowest BCUT2D eigenvalue weighted by Gasteiger charge is -2.10. The number of hydrogen-bond donors (Lipinski definition) is 1. The van der Waals surface area contributed by atoms with Gasteiger partial charge in [-0.1, -0.05) is 22.0 Å². The molecule has 0 atom stereocenters. The van der Waals surface area contributed by atoms with E-state index in [1.54, 1.807) is 12.1 Å². The lowest BCUT2D eigenvalue weighted by Crippen LogP contribution is -2.02. The van der Waals surface area contributed by atoms with E-state index in [0.29, 0.717) is 16.7 Å². The van der Waals surface area contributed by atoms with Crippen molar-refractivity contribution in [3.05, 3.63) is 56.8 Å². The lowest BCUT2D eigenvalue weighted by molar-refractivity contribution is -0.384. The fourth-order valence-corrected chi connectivity index (χ4v) is 2.28. The van der Waals surface area contributed by atoms with E-state index in [4.69, 9.17) is 4.74 Å². The standard InChI is InChI=1S/C14H12BrFN2O3/c1-2-17-12-4-3-5-13(14(12)18(19)20)21-11-7-9(15)6-10(16)8-11/h3-8,17H,2H2,1H3. The highest BCUT2D eigenvalue weighted by Crippen LogP contribution is 2.38. The monoisotopic (exact) mass is 354 g/mol. The first-order valence-electron chi connectivity index (χ1n) is 6.16. The number of halogens is 2. The molecule has 0 bridgehead atoms. The van der Waals surface area contributed by atoms with Crippen molar-refractivity contribution >= 4 is 27.3 Å². The van der Waals surface area contributed by atoms with Gasteiger partial charge in [0.05, 0.1) is 4.92 Å². The normalized spacial score (nSPS) is 10.2. The molecule has 2 rings (SSSR count). The van der Waals surface area contributed by atoms with Gasteiger partial charge in [-0.05, 0) is 31.2 Å². The second-order valence-corrected chi connectivity index (χ2v) is 5.06. The highest BCUT2D eigenvalue weighted by Gasteiger charge is 2.21. The Morgan fingerprint density at radius 1 is 1.38 bits per heavy atom. The molecule has 2 aromatic carbocycles. The molecule has 0 aromatic heterocycles. The molecule has 0 aliphatic heterocycles. The molecule has 0 spiro atoms. The Morgan fingerprint density at radius 3 is 2.76 bits per heavy atom. The molecule has 0 saturated heterocycles. The summed E-state index contributed by atoms with van der Waals surface area (Å²) in [5, 5.41) is 14.1. The maximum absolute atomic E-state index is 13.3. The molecule has 1 N–H and O–H groups in total. The van der Waals surface area contributed by atoms with Gasteiger partial charge in [-0.15, -0.1) is 0 Å². The molecule has 0 aliphatic carbocycles. The molecule has 5 nitrogen and oxygen atoms in total. The molecule has 0 aliphatic rings. The Balaban J connectivity index is 2.43. The van der Waals surface area contributed by atoms with Crippen molar-refractivity contribution in [2.24, 2.45) is 0 Å². The zero-order chi connectivity index (χ0) is 15.4. The van der Waals surface area contributed by atoms with Gasteiger partial charge in [0.2, 0.25) is 5.75 Å². The summed E-state index contributed by atoms with van der Waals surface area (Å²) in [6, 6.07) is 8.67. The zero-order valence-electron chi connectivity index (χ0n) is 11.1. The van der Waals surface area contributed by atoms with Crippen LogP contribution in [0, 0.1) is 15.9 Å². The van der Waals surface area contributed by atoms with Gasteiger partial charge in [-0.2, -0.15) is 0 Å². The molecule has 2 aromatic rings. The van der Waals surface area contributed by atoms with Crippen molar-refractivity contribution in [2.75, 3.05) is 11.9 Å². The number of ether oxygens (including phenoxy) is 1. The summed E-state index contributed by atoms with van der Waals surface area (Å²) in [5.41, 5.74) is 0.176. The molecular weight excluding hydrogens is 343 g/mol. The second-order valence-electron chi connectivity index (χ2n) is 4.15. The number of nitro groups is 1. The minimum absolute atomic E-state index is 0.0518. The summed E-state index contributed by atoms with van der Waals surface area (Å²) in [5.74, 6) is -0.264. The van der Waals surface area contributed by atoms with Gasteiger partial charge < -0.3 is 10.1 Å². The van der Waals surface area contributed by atoms with Crippen molar-refractivity contribution in [1.29, 1.82) is 0 Å². The number of nitrogens with one attached hydrogen (secondary N) is 1. The summed E-state index contributed by atoms with van der Waals surface area (Å²) in [6.45, 7) is 2.37. The topological polar surface area (TPSA) is 64.4 Å². The van der Waals surface area contributed by atoms with E-state index in [1.807, 2.05) is 6.92 Å². The molecule has 0 unspecified atom stereocenters. The van der Waals surface area contributed by atoms with Crippen molar-refractivity contribution in [1.82, 2.24) is 0 Å². The van der Waals surface area contributed by atoms with Crippen LogP contribution in [-0.4, -0.2) is 11.5 Å². The lowest BCUT2D eigenvalue weighted by atomic mass is 10.2. The van der Waals surface area contributed by atoms with Gasteiger partial charge in [-0.3, -0.25) is 10.1 Å². The van der Waals surface area contributed by atoms with Crippen molar-refractivity contribution in [3.63, 3.8) is 0 Å². The van der Waals surface area contributed by atoms with Crippen LogP contribution >= 0.6 is 15.9 Å². The van der Waals surface area contributed by atoms with Gasteiger partial charge in [0.1, 0.15) is 17.3 Å². The number of hydrogen-bond acceptors (Lipinski definition) is 4. The smallest absolute Gasteiger partial charge is 0.334 e. The Morgan fingerprint density at radius 2 is 2.14 bits per heavy atom. The third kappa shape index (κ3) is 3.69. The van der Waals surface area contributed by atoms with E-state index in [9.17, 15) is 14.5 Å². The first-order valence-corrected chi connectivity index (χ1v) is 6.95. The van der Waals surface area contributed by atoms with Gasteiger partial charge in [0.15, 0.2) is 0 Å². The second kappa shape index (κ2) is 6.53. The largest absolute Gasteiger partial charge is 0.450 e. The number of nitro benzene ring substituents is 1. The fourth-order valence-electron chi connectivity index (χ4n) is 1.84. The van der Waals surface area contributed by atoms with Crippen LogP contribution in [0.2, 0.25) is 0 Å². The number of anilines is 1. The Labute approximate surface area is 129 Å². The highest BCUT2D eigenvalue weighted by atomic mass is 79.9. The minimum Gasteiger partial charge on any atom is -0.450 e. The van der Waals surface area contributed by atoms with Gasteiger partial charge in [0, 0.05) is 17.1 Å². The SMILES string of the molecule is CCNc1cccc(Oc2cc(F)cc(Br)c2)c1[N+](=O)[O-]. The van der Waals surface area contributed by atoms with Crippen LogP contribution in [0.5, 0.6) is 11.5 Å². The number of rotatable bonds is 5. The predicted molar refractivity (Wildman–Crippen MR) is 81.4 cm³/mol. The zero-order valence-corrected chi connectivity index (χ0v) is 12.7. The molecule has 0 saturated carbocycles. The van der Waals surface area contributed by atoms with Crippen LogP contribution in [0.1, 0.15) is 6.92 Å². The molecular formula is C14H12BrFN2O3. The Bertz CT molecular complexity index is 659. The van der Waals surface area contributed by atoms with Crippen LogP contribution < -0.4 is 10.1 Å². The molecule has 0 heterocycles. The summed E-state index contributed by atoms with van der Waals surface area (Å²) in [6.07, 6.45) is 0. The van der Waals surface area contributed by atoms with E-state index in [2.05, 4.69) is 21.2 Å². The van der Waals surface area contributed by atoms with E-state index < -0.39 is 10.7 Å². The van der Waals surface area contributed by atoms with E-state index in [1.165, 1.54) is 18.2 Å². The van der Waals surface area contributed by atoms with E-state index in [0.717, 1.165) is 6.07 Å². The van der Waals surface area contributed by atoms with Crippen LogP contribution in [0.3, 0.4) is 0 Å². The molecule has 0 amide bonds. The highest BCUT2D eigenvalue weighted by molar-refractivity contribution is 9.10. The van der Waals surface area contributed by atoms with Crippen LogP contribution in [0.4, 0.5) is 15.8 Å². The average molecular weight is 355 g/mol. The third-order valence-electron chi connectivity index (χ3n) is 2.61. The van der Waals surface area contributed by atoms with Crippen molar-refractivity contribution in [2.45, 2.75) is 6.92 Å². The molecule has 0 radical (unpaired) electrons. The number of para-hydroxylation sites is 1. The maximum atomic E-state index is 13.3. The van der Waals surface area contributed by atoms with Gasteiger partial charge in [0.25, 0.3) is 0 Å². The number of nitrogens with zero attached hydrogens (tertiary/aromatic N) is 1. The third-order valence-corrected chi connectivity index (χ3v) is 3.07. The first kappa shape index (κ1) is 15.2. The first-order chi connectivity index (χ1) is 10.0. The van der Waals surface area contributed by atoms with E-state index >= 15 is 0 Å².